The van der Waals surface area contributed by atoms with Crippen molar-refractivity contribution in [3.8, 4) is 0 Å². The van der Waals surface area contributed by atoms with Crippen LogP contribution in [0.1, 0.15) is 45.2 Å². The number of nitrogens with zero attached hydrogens (tertiary/aromatic N) is 3. The maximum absolute atomic E-state index is 12.3. The number of amides is 1. The molecule has 0 aliphatic carbocycles. The number of carbonyl (C=O) groups is 1. The Morgan fingerprint density at radius 2 is 2.00 bits per heavy atom. The van der Waals surface area contributed by atoms with Crippen LogP contribution in [0.3, 0.4) is 0 Å². The van der Waals surface area contributed by atoms with Crippen LogP contribution in [0.4, 0.5) is 0 Å². The fraction of sp³-hybridized carbons (Fsp3) is 0.733. The summed E-state index contributed by atoms with van der Waals surface area (Å²) >= 11 is 0. The summed E-state index contributed by atoms with van der Waals surface area (Å²) in [6.45, 7) is 8.49. The normalized spacial score (nSPS) is 19.2. The van der Waals surface area contributed by atoms with Crippen LogP contribution in [-0.4, -0.2) is 39.7 Å². The third kappa shape index (κ3) is 3.60. The molecule has 1 fully saturated rings. The van der Waals surface area contributed by atoms with Gasteiger partial charge in [-0.3, -0.25) is 9.48 Å². The van der Waals surface area contributed by atoms with Gasteiger partial charge in [0.2, 0.25) is 5.91 Å². The monoisotopic (exact) mass is 278 g/mol. The van der Waals surface area contributed by atoms with Gasteiger partial charge in [-0.25, -0.2) is 0 Å². The molecule has 1 aliphatic rings. The van der Waals surface area contributed by atoms with Crippen LogP contribution in [0.25, 0.3) is 0 Å². The van der Waals surface area contributed by atoms with Crippen molar-refractivity contribution in [2.45, 2.75) is 45.7 Å². The van der Waals surface area contributed by atoms with Crippen molar-refractivity contribution >= 4 is 5.91 Å². The van der Waals surface area contributed by atoms with Crippen molar-refractivity contribution in [1.29, 1.82) is 0 Å². The summed E-state index contributed by atoms with van der Waals surface area (Å²) in [6, 6.07) is 0.604. The summed E-state index contributed by atoms with van der Waals surface area (Å²) in [5.74, 6) is 0.342. The van der Waals surface area contributed by atoms with Crippen LogP contribution in [0.2, 0.25) is 0 Å². The Kier molecular flexibility index (Phi) is 4.81. The molecule has 0 radical (unpaired) electrons. The van der Waals surface area contributed by atoms with Gasteiger partial charge in [0.1, 0.15) is 0 Å². The fourth-order valence-electron chi connectivity index (χ4n) is 2.76. The maximum atomic E-state index is 12.3. The highest BCUT2D eigenvalue weighted by Gasteiger charge is 2.26. The first-order valence-electron chi connectivity index (χ1n) is 7.50. The fourth-order valence-corrected chi connectivity index (χ4v) is 2.76. The van der Waals surface area contributed by atoms with Gasteiger partial charge in [0.05, 0.1) is 12.2 Å². The van der Waals surface area contributed by atoms with E-state index in [1.807, 2.05) is 26.4 Å². The zero-order valence-corrected chi connectivity index (χ0v) is 13.0. The molecule has 1 aromatic rings. The lowest BCUT2D eigenvalue weighted by molar-refractivity contribution is -0.127. The van der Waals surface area contributed by atoms with Crippen molar-refractivity contribution in [2.24, 2.45) is 13.0 Å². The van der Waals surface area contributed by atoms with Crippen molar-refractivity contribution < 1.29 is 4.79 Å². The number of aryl methyl sites for hydroxylation is 1. The van der Waals surface area contributed by atoms with Gasteiger partial charge in [0, 0.05) is 30.8 Å². The number of hydrogen-bond donors (Lipinski definition) is 1. The lowest BCUT2D eigenvalue weighted by atomic mass is 9.94. The Hall–Kier alpha value is -1.36. The van der Waals surface area contributed by atoms with Crippen LogP contribution in [0.15, 0.2) is 12.4 Å². The van der Waals surface area contributed by atoms with Crippen LogP contribution >= 0.6 is 0 Å². The molecule has 112 valence electrons. The third-order valence-electron chi connectivity index (χ3n) is 4.21. The molecule has 1 amide bonds. The van der Waals surface area contributed by atoms with E-state index in [-0.39, 0.29) is 17.9 Å². The van der Waals surface area contributed by atoms with E-state index in [0.717, 1.165) is 31.5 Å². The van der Waals surface area contributed by atoms with Crippen molar-refractivity contribution in [3.05, 3.63) is 18.0 Å². The Balaban J connectivity index is 1.84. The minimum atomic E-state index is 0.0272. The minimum Gasteiger partial charge on any atom is -0.349 e. The van der Waals surface area contributed by atoms with Crippen LogP contribution in [0, 0.1) is 5.92 Å². The Bertz CT molecular complexity index is 446. The first kappa shape index (κ1) is 15.0. The van der Waals surface area contributed by atoms with E-state index in [1.165, 1.54) is 0 Å². The van der Waals surface area contributed by atoms with Crippen molar-refractivity contribution in [3.63, 3.8) is 0 Å². The van der Waals surface area contributed by atoms with Gasteiger partial charge in [-0.1, -0.05) is 0 Å². The standard InChI is InChI=1S/C15H26N4O/c1-11(2)19-7-5-13(6-8-19)15(20)17-12(3)14-9-16-18(4)10-14/h9-13H,5-8H2,1-4H3,(H,17,20)/t12-/m1/s1. The molecule has 5 heteroatoms. The average molecular weight is 278 g/mol. The molecule has 5 nitrogen and oxygen atoms in total. The second kappa shape index (κ2) is 6.39. The molecule has 1 aliphatic heterocycles. The van der Waals surface area contributed by atoms with Crippen molar-refractivity contribution in [2.75, 3.05) is 13.1 Å². The molecule has 2 rings (SSSR count). The van der Waals surface area contributed by atoms with E-state index >= 15 is 0 Å². The molecule has 1 aromatic heterocycles. The largest absolute Gasteiger partial charge is 0.349 e. The van der Waals surface area contributed by atoms with Gasteiger partial charge in [0.15, 0.2) is 0 Å². The predicted molar refractivity (Wildman–Crippen MR) is 79.2 cm³/mol. The number of likely N-dealkylation sites (tertiary alicyclic amines) is 1. The quantitative estimate of drug-likeness (QED) is 0.912. The highest BCUT2D eigenvalue weighted by atomic mass is 16.1. The Morgan fingerprint density at radius 1 is 1.35 bits per heavy atom. The topological polar surface area (TPSA) is 50.2 Å². The van der Waals surface area contributed by atoms with E-state index in [9.17, 15) is 4.79 Å². The van der Waals surface area contributed by atoms with Crippen molar-refractivity contribution in [1.82, 2.24) is 20.0 Å². The molecule has 1 saturated heterocycles. The zero-order valence-electron chi connectivity index (χ0n) is 13.0. The lowest BCUT2D eigenvalue weighted by Gasteiger charge is -2.34. The lowest BCUT2D eigenvalue weighted by Crippen LogP contribution is -2.43. The van der Waals surface area contributed by atoms with Gasteiger partial charge < -0.3 is 10.2 Å². The number of nitrogens with one attached hydrogen (secondary N) is 1. The van der Waals surface area contributed by atoms with Gasteiger partial charge in [-0.15, -0.1) is 0 Å². The number of piperidine rings is 1. The summed E-state index contributed by atoms with van der Waals surface area (Å²) in [7, 11) is 1.89. The number of hydrogen-bond acceptors (Lipinski definition) is 3. The second-order valence-electron chi connectivity index (χ2n) is 6.08. The molecular weight excluding hydrogens is 252 g/mol. The highest BCUT2D eigenvalue weighted by molar-refractivity contribution is 5.79. The first-order valence-corrected chi connectivity index (χ1v) is 7.50. The van der Waals surface area contributed by atoms with Gasteiger partial charge in [0.25, 0.3) is 0 Å². The van der Waals surface area contributed by atoms with Crippen LogP contribution in [-0.2, 0) is 11.8 Å². The summed E-state index contributed by atoms with van der Waals surface area (Å²) in [4.78, 5) is 14.7. The summed E-state index contributed by atoms with van der Waals surface area (Å²) < 4.78 is 1.76. The third-order valence-corrected chi connectivity index (χ3v) is 4.21. The van der Waals surface area contributed by atoms with Gasteiger partial charge in [-0.2, -0.15) is 5.10 Å². The molecule has 1 atom stereocenters. The van der Waals surface area contributed by atoms with E-state index in [1.54, 1.807) is 4.68 Å². The molecule has 20 heavy (non-hydrogen) atoms. The molecule has 2 heterocycles. The predicted octanol–water partition coefficient (Wildman–Crippen LogP) is 1.72. The number of carbonyl (C=O) groups excluding carboxylic acids is 1. The van der Waals surface area contributed by atoms with E-state index in [2.05, 4.69) is 29.2 Å². The second-order valence-corrected chi connectivity index (χ2v) is 6.08. The molecule has 0 saturated carbocycles. The highest BCUT2D eigenvalue weighted by Crippen LogP contribution is 2.20. The minimum absolute atomic E-state index is 0.0272. The molecule has 1 N–H and O–H groups in total. The van der Waals surface area contributed by atoms with E-state index in [0.29, 0.717) is 6.04 Å². The summed E-state index contributed by atoms with van der Waals surface area (Å²) in [5, 5.41) is 7.26. The summed E-state index contributed by atoms with van der Waals surface area (Å²) in [5.41, 5.74) is 1.06. The van der Waals surface area contributed by atoms with Gasteiger partial charge in [-0.05, 0) is 46.7 Å². The smallest absolute Gasteiger partial charge is 0.223 e. The molecule has 0 bridgehead atoms. The Labute approximate surface area is 121 Å². The molecule has 0 spiro atoms. The van der Waals surface area contributed by atoms with E-state index < -0.39 is 0 Å². The maximum Gasteiger partial charge on any atom is 0.223 e. The van der Waals surface area contributed by atoms with Gasteiger partial charge >= 0.3 is 0 Å². The first-order chi connectivity index (χ1) is 9.47. The summed E-state index contributed by atoms with van der Waals surface area (Å²) in [6.07, 6.45) is 5.69. The number of rotatable bonds is 4. The SMILES string of the molecule is CC(C)N1CCC(C(=O)N[C@H](C)c2cnn(C)c2)CC1. The van der Waals surface area contributed by atoms with E-state index in [4.69, 9.17) is 0 Å². The Morgan fingerprint density at radius 3 is 2.50 bits per heavy atom. The average Bonchev–Trinajstić information content (AvgIpc) is 2.85. The number of aromatic nitrogens is 2. The van der Waals surface area contributed by atoms with Crippen LogP contribution in [0.5, 0.6) is 0 Å². The van der Waals surface area contributed by atoms with Crippen LogP contribution < -0.4 is 5.32 Å². The molecule has 0 aromatic carbocycles. The molecular formula is C15H26N4O. The molecule has 0 unspecified atom stereocenters. The zero-order chi connectivity index (χ0) is 14.7.